The molecule has 0 aromatic rings. The van der Waals surface area contributed by atoms with Gasteiger partial charge in [-0.3, -0.25) is 4.79 Å². The Hall–Kier alpha value is -0.970. The van der Waals surface area contributed by atoms with Gasteiger partial charge in [-0.1, -0.05) is 26.2 Å². The molecule has 2 unspecified atom stereocenters. The summed E-state index contributed by atoms with van der Waals surface area (Å²) in [6, 6.07) is 0. The first-order valence-corrected chi connectivity index (χ1v) is 8.54. The number of rotatable bonds is 4. The van der Waals surface area contributed by atoms with E-state index in [1.54, 1.807) is 11.8 Å². The van der Waals surface area contributed by atoms with Crippen molar-refractivity contribution in [2.24, 2.45) is 5.92 Å². The lowest BCUT2D eigenvalue weighted by Gasteiger charge is -2.21. The molecule has 1 N–H and O–H groups in total. The van der Waals surface area contributed by atoms with Crippen LogP contribution < -0.4 is 0 Å². The van der Waals surface area contributed by atoms with Gasteiger partial charge in [0.2, 0.25) is 5.78 Å². The summed E-state index contributed by atoms with van der Waals surface area (Å²) >= 11 is 1.63. The second-order valence-electron chi connectivity index (χ2n) is 5.64. The van der Waals surface area contributed by atoms with E-state index in [9.17, 15) is 14.7 Å². The molecule has 0 aromatic heterocycles. The second-order valence-corrected chi connectivity index (χ2v) is 6.91. The van der Waals surface area contributed by atoms with Gasteiger partial charge in [0.1, 0.15) is 11.3 Å². The van der Waals surface area contributed by atoms with Crippen LogP contribution in [-0.4, -0.2) is 34.5 Å². The number of ether oxygens (including phenoxy) is 1. The van der Waals surface area contributed by atoms with Gasteiger partial charge in [0.05, 0.1) is 0 Å². The first-order valence-electron chi connectivity index (χ1n) is 7.25. The van der Waals surface area contributed by atoms with E-state index in [1.165, 1.54) is 0 Å². The number of thioether (sulfide) groups is 1. The minimum atomic E-state index is -0.717. The monoisotopic (exact) mass is 298 g/mol. The molecule has 0 radical (unpaired) electrons. The number of hydrogen-bond donors (Lipinski definition) is 1. The first kappa shape index (κ1) is 15.4. The summed E-state index contributed by atoms with van der Waals surface area (Å²) in [7, 11) is 0. The van der Waals surface area contributed by atoms with Crippen molar-refractivity contribution in [3.05, 3.63) is 11.3 Å². The van der Waals surface area contributed by atoms with Gasteiger partial charge in [-0.2, -0.15) is 11.8 Å². The van der Waals surface area contributed by atoms with Crippen molar-refractivity contribution in [3.63, 3.8) is 0 Å². The van der Waals surface area contributed by atoms with E-state index in [1.807, 2.05) is 13.2 Å². The van der Waals surface area contributed by atoms with Crippen LogP contribution in [0, 0.1) is 5.92 Å². The molecule has 1 aliphatic heterocycles. The molecule has 2 rings (SSSR count). The molecule has 1 aliphatic carbocycles. The summed E-state index contributed by atoms with van der Waals surface area (Å²) in [6.07, 6.45) is 6.69. The van der Waals surface area contributed by atoms with Crippen molar-refractivity contribution in [2.45, 2.75) is 56.8 Å². The van der Waals surface area contributed by atoms with Gasteiger partial charge in [-0.25, -0.2) is 4.79 Å². The smallest absolute Gasteiger partial charge is 0.346 e. The van der Waals surface area contributed by atoms with Crippen LogP contribution in [-0.2, 0) is 14.3 Å². The Morgan fingerprint density at radius 3 is 2.60 bits per heavy atom. The fourth-order valence-corrected chi connectivity index (χ4v) is 3.23. The number of allylic oxidation sites excluding steroid dienone is 1. The molecule has 0 aromatic carbocycles. The molecule has 112 valence electrons. The third-order valence-electron chi connectivity index (χ3n) is 4.19. The van der Waals surface area contributed by atoms with Crippen molar-refractivity contribution in [1.29, 1.82) is 0 Å². The molecule has 0 spiro atoms. The van der Waals surface area contributed by atoms with Gasteiger partial charge in [-0.15, -0.1) is 0 Å². The van der Waals surface area contributed by atoms with E-state index >= 15 is 0 Å². The Morgan fingerprint density at radius 1 is 1.35 bits per heavy atom. The molecule has 1 saturated heterocycles. The number of aliphatic hydroxyl groups is 1. The van der Waals surface area contributed by atoms with Crippen LogP contribution in [0.15, 0.2) is 11.3 Å². The van der Waals surface area contributed by atoms with Gasteiger partial charge in [0.15, 0.2) is 6.10 Å². The highest BCUT2D eigenvalue weighted by atomic mass is 32.2. The molecular weight excluding hydrogens is 276 g/mol. The highest BCUT2D eigenvalue weighted by molar-refractivity contribution is 7.99. The summed E-state index contributed by atoms with van der Waals surface area (Å²) in [5.74, 6) is -1.05. The molecule has 1 saturated carbocycles. The van der Waals surface area contributed by atoms with Crippen molar-refractivity contribution in [2.75, 3.05) is 6.26 Å². The molecular formula is C15H22O4S. The Morgan fingerprint density at radius 2 is 2.00 bits per heavy atom. The Labute approximate surface area is 124 Å². The predicted octanol–water partition coefficient (Wildman–Crippen LogP) is 3.01. The van der Waals surface area contributed by atoms with E-state index in [0.29, 0.717) is 6.42 Å². The number of carbonyl (C=O) groups excluding carboxylic acids is 2. The normalized spacial score (nSPS) is 28.4. The van der Waals surface area contributed by atoms with Gasteiger partial charge >= 0.3 is 5.97 Å². The van der Waals surface area contributed by atoms with Crippen LogP contribution in [0.3, 0.4) is 0 Å². The van der Waals surface area contributed by atoms with Crippen LogP contribution in [0.1, 0.15) is 45.4 Å². The highest BCUT2D eigenvalue weighted by Gasteiger charge is 2.42. The van der Waals surface area contributed by atoms with Crippen LogP contribution in [0.2, 0.25) is 0 Å². The Bertz CT molecular complexity index is 424. The van der Waals surface area contributed by atoms with E-state index in [0.717, 1.165) is 32.1 Å². The largest absolute Gasteiger partial charge is 0.511 e. The summed E-state index contributed by atoms with van der Waals surface area (Å²) in [5.41, 5.74) is -0.0878. The number of ketones is 1. The predicted molar refractivity (Wildman–Crippen MR) is 78.7 cm³/mol. The molecule has 0 bridgehead atoms. The number of esters is 1. The fourth-order valence-electron chi connectivity index (χ4n) is 2.87. The van der Waals surface area contributed by atoms with E-state index in [2.05, 4.69) is 0 Å². The Balaban J connectivity index is 2.14. The average molecular weight is 298 g/mol. The lowest BCUT2D eigenvalue weighted by atomic mass is 9.85. The fraction of sp³-hybridized carbons (Fsp3) is 0.733. The highest BCUT2D eigenvalue weighted by Crippen LogP contribution is 2.33. The third-order valence-corrected chi connectivity index (χ3v) is 5.19. The van der Waals surface area contributed by atoms with Gasteiger partial charge in [0, 0.05) is 17.6 Å². The molecule has 4 nitrogen and oxygen atoms in total. The zero-order valence-corrected chi connectivity index (χ0v) is 12.9. The van der Waals surface area contributed by atoms with Gasteiger partial charge in [-0.05, 0) is 19.1 Å². The summed E-state index contributed by atoms with van der Waals surface area (Å²) in [5, 5.41) is 10.5. The number of Topliss-reactive ketones (excluding diaryl/α,β-unsaturated/α-hetero) is 1. The van der Waals surface area contributed by atoms with Gasteiger partial charge < -0.3 is 9.84 Å². The van der Waals surface area contributed by atoms with E-state index in [-0.39, 0.29) is 28.3 Å². The van der Waals surface area contributed by atoms with E-state index in [4.69, 9.17) is 4.74 Å². The maximum absolute atomic E-state index is 12.3. The lowest BCUT2D eigenvalue weighted by Crippen LogP contribution is -2.21. The number of carbonyl (C=O) groups is 2. The molecule has 2 aliphatic rings. The van der Waals surface area contributed by atoms with Crippen LogP contribution in [0.5, 0.6) is 0 Å². The Kier molecular flexibility index (Phi) is 5.13. The maximum Gasteiger partial charge on any atom is 0.346 e. The summed E-state index contributed by atoms with van der Waals surface area (Å²) < 4.78 is 5.15. The summed E-state index contributed by atoms with van der Waals surface area (Å²) in [4.78, 5) is 24.2. The van der Waals surface area contributed by atoms with Crippen LogP contribution >= 0.6 is 11.8 Å². The van der Waals surface area contributed by atoms with Crippen molar-refractivity contribution < 1.29 is 19.4 Å². The van der Waals surface area contributed by atoms with Crippen molar-refractivity contribution >= 4 is 23.5 Å². The number of hydrogen-bond acceptors (Lipinski definition) is 5. The number of aliphatic hydroxyl groups excluding tert-OH is 1. The topological polar surface area (TPSA) is 63.6 Å². The molecule has 1 heterocycles. The quantitative estimate of drug-likeness (QED) is 0.374. The minimum Gasteiger partial charge on any atom is -0.511 e. The van der Waals surface area contributed by atoms with Gasteiger partial charge in [0.25, 0.3) is 0 Å². The molecule has 2 fully saturated rings. The van der Waals surface area contributed by atoms with Crippen molar-refractivity contribution in [3.8, 4) is 0 Å². The minimum absolute atomic E-state index is 0.0287. The standard InChI is InChI=1S/C15H22O4S/c1-9(20-2)8-11-14(17)12(15(18)19-11)13(16)10-6-4-3-5-7-10/h9-11,16H,3-8H2,1-2H3/b13-12+. The van der Waals surface area contributed by atoms with Crippen LogP contribution in [0.25, 0.3) is 0 Å². The molecule has 2 atom stereocenters. The average Bonchev–Trinajstić information content (AvgIpc) is 2.73. The summed E-state index contributed by atoms with van der Waals surface area (Å²) in [6.45, 7) is 1.99. The molecule has 0 amide bonds. The third kappa shape index (κ3) is 3.19. The second kappa shape index (κ2) is 6.66. The number of cyclic esters (lactones) is 1. The SMILES string of the molecule is CSC(C)CC1OC(=O)/C(=C(/O)C2CCCCC2)C1=O. The van der Waals surface area contributed by atoms with Crippen LogP contribution in [0.4, 0.5) is 0 Å². The first-order chi connectivity index (χ1) is 9.54. The van der Waals surface area contributed by atoms with Crippen molar-refractivity contribution in [1.82, 2.24) is 0 Å². The maximum atomic E-state index is 12.3. The zero-order valence-electron chi connectivity index (χ0n) is 12.1. The molecule has 5 heteroatoms. The molecule has 20 heavy (non-hydrogen) atoms. The lowest BCUT2D eigenvalue weighted by molar-refractivity contribution is -0.141. The zero-order chi connectivity index (χ0) is 14.7. The van der Waals surface area contributed by atoms with E-state index < -0.39 is 12.1 Å².